The van der Waals surface area contributed by atoms with Crippen LogP contribution in [0.3, 0.4) is 0 Å². The van der Waals surface area contributed by atoms with E-state index in [1.54, 1.807) is 41.8 Å². The van der Waals surface area contributed by atoms with Crippen molar-refractivity contribution in [2.75, 3.05) is 13.1 Å². The van der Waals surface area contributed by atoms with Crippen LogP contribution in [0.15, 0.2) is 46.0 Å². The SMILES string of the molecule is O=C(NCc1ccccc1Cl)C(=O)NC[C@H]1CCCN1S(=O)(=O)c1cccs1. The molecule has 0 bridgehead atoms. The summed E-state index contributed by atoms with van der Waals surface area (Å²) in [5, 5.41) is 7.26. The third-order valence-corrected chi connectivity index (χ3v) is 8.18. The van der Waals surface area contributed by atoms with Crippen LogP contribution in [-0.2, 0) is 26.2 Å². The number of amides is 2. The molecule has 2 heterocycles. The summed E-state index contributed by atoms with van der Waals surface area (Å²) in [5.41, 5.74) is 0.703. The summed E-state index contributed by atoms with van der Waals surface area (Å²) in [6, 6.07) is 9.91. The fourth-order valence-electron chi connectivity index (χ4n) is 3.04. The first-order chi connectivity index (χ1) is 13.4. The highest BCUT2D eigenvalue weighted by molar-refractivity contribution is 7.91. The minimum absolute atomic E-state index is 0.0863. The van der Waals surface area contributed by atoms with Gasteiger partial charge in [0.05, 0.1) is 0 Å². The Hall–Kier alpha value is -1.94. The summed E-state index contributed by atoms with van der Waals surface area (Å²) in [7, 11) is -3.58. The number of benzene rings is 1. The van der Waals surface area contributed by atoms with E-state index in [-0.39, 0.29) is 23.3 Å². The second kappa shape index (κ2) is 9.04. The topological polar surface area (TPSA) is 95.6 Å². The van der Waals surface area contributed by atoms with E-state index >= 15 is 0 Å². The van der Waals surface area contributed by atoms with Crippen molar-refractivity contribution < 1.29 is 18.0 Å². The van der Waals surface area contributed by atoms with Crippen molar-refractivity contribution in [2.24, 2.45) is 0 Å². The quantitative estimate of drug-likeness (QED) is 0.670. The molecule has 2 N–H and O–H groups in total. The van der Waals surface area contributed by atoms with Crippen molar-refractivity contribution in [3.63, 3.8) is 0 Å². The van der Waals surface area contributed by atoms with Gasteiger partial charge in [0, 0.05) is 30.7 Å². The molecule has 150 valence electrons. The lowest BCUT2D eigenvalue weighted by Gasteiger charge is -2.23. The smallest absolute Gasteiger partial charge is 0.309 e. The number of carbonyl (C=O) groups excluding carboxylic acids is 2. The Morgan fingerprint density at radius 2 is 1.89 bits per heavy atom. The van der Waals surface area contributed by atoms with Crippen LogP contribution < -0.4 is 10.6 Å². The van der Waals surface area contributed by atoms with Crippen molar-refractivity contribution >= 4 is 44.8 Å². The number of nitrogens with one attached hydrogen (secondary N) is 2. The van der Waals surface area contributed by atoms with Gasteiger partial charge in [0.25, 0.3) is 10.0 Å². The molecule has 2 aromatic rings. The Kier molecular flexibility index (Phi) is 6.71. The minimum Gasteiger partial charge on any atom is -0.346 e. The van der Waals surface area contributed by atoms with Gasteiger partial charge in [-0.2, -0.15) is 4.31 Å². The van der Waals surface area contributed by atoms with E-state index in [9.17, 15) is 18.0 Å². The Labute approximate surface area is 172 Å². The number of thiophene rings is 1. The van der Waals surface area contributed by atoms with Crippen LogP contribution in [-0.4, -0.2) is 43.7 Å². The van der Waals surface area contributed by atoms with Gasteiger partial charge in [-0.15, -0.1) is 11.3 Å². The Balaban J connectivity index is 1.53. The minimum atomic E-state index is -3.58. The van der Waals surface area contributed by atoms with Crippen molar-refractivity contribution in [3.05, 3.63) is 52.4 Å². The van der Waals surface area contributed by atoms with Crippen molar-refractivity contribution in [1.29, 1.82) is 0 Å². The molecule has 0 aliphatic carbocycles. The molecule has 7 nitrogen and oxygen atoms in total. The standard InChI is InChI=1S/C18H20ClN3O4S2/c19-15-7-2-1-5-13(15)11-20-17(23)18(24)21-12-14-6-3-9-22(14)28(25,26)16-8-4-10-27-16/h1-2,4-5,7-8,10,14H,3,6,9,11-12H2,(H,20,23)(H,21,24)/t14-/m1/s1. The maximum Gasteiger partial charge on any atom is 0.309 e. The second-order valence-corrected chi connectivity index (χ2v) is 9.80. The van der Waals surface area contributed by atoms with Crippen LogP contribution in [0.4, 0.5) is 0 Å². The molecule has 28 heavy (non-hydrogen) atoms. The average Bonchev–Trinajstić information content (AvgIpc) is 3.37. The molecule has 2 amide bonds. The van der Waals surface area contributed by atoms with Gasteiger partial charge in [0.1, 0.15) is 4.21 Å². The molecule has 0 spiro atoms. The van der Waals surface area contributed by atoms with Crippen LogP contribution in [0.1, 0.15) is 18.4 Å². The molecule has 1 aromatic carbocycles. The molecule has 1 atom stereocenters. The van der Waals surface area contributed by atoms with Gasteiger partial charge in [0.2, 0.25) is 0 Å². The maximum atomic E-state index is 12.7. The van der Waals surface area contributed by atoms with Crippen molar-refractivity contribution in [3.8, 4) is 0 Å². The van der Waals surface area contributed by atoms with E-state index in [0.29, 0.717) is 30.0 Å². The first-order valence-corrected chi connectivity index (χ1v) is 11.4. The molecular formula is C18H20ClN3O4S2. The Bertz CT molecular complexity index is 948. The highest BCUT2D eigenvalue weighted by Crippen LogP contribution is 2.28. The van der Waals surface area contributed by atoms with E-state index in [4.69, 9.17) is 11.6 Å². The number of hydrogen-bond donors (Lipinski definition) is 2. The molecule has 0 saturated carbocycles. The van der Waals surface area contributed by atoms with Gasteiger partial charge >= 0.3 is 11.8 Å². The fourth-order valence-corrected chi connectivity index (χ4v) is 6.06. The van der Waals surface area contributed by atoms with Gasteiger partial charge in [-0.1, -0.05) is 35.9 Å². The lowest BCUT2D eigenvalue weighted by molar-refractivity contribution is -0.139. The summed E-state index contributed by atoms with van der Waals surface area (Å²) in [6.07, 6.45) is 1.34. The highest BCUT2D eigenvalue weighted by atomic mass is 35.5. The largest absolute Gasteiger partial charge is 0.346 e. The fraction of sp³-hybridized carbons (Fsp3) is 0.333. The van der Waals surface area contributed by atoms with Crippen molar-refractivity contribution in [1.82, 2.24) is 14.9 Å². The zero-order chi connectivity index (χ0) is 20.1. The number of halogens is 1. The summed E-state index contributed by atoms with van der Waals surface area (Å²) < 4.78 is 27.1. The Morgan fingerprint density at radius 3 is 2.61 bits per heavy atom. The molecule has 1 aliphatic heterocycles. The van der Waals surface area contributed by atoms with Crippen LogP contribution in [0, 0.1) is 0 Å². The summed E-state index contributed by atoms with van der Waals surface area (Å²) >= 11 is 7.18. The molecular weight excluding hydrogens is 422 g/mol. The number of rotatable bonds is 6. The van der Waals surface area contributed by atoms with Gasteiger partial charge in [-0.25, -0.2) is 8.42 Å². The zero-order valence-corrected chi connectivity index (χ0v) is 17.3. The molecule has 10 heteroatoms. The molecule has 3 rings (SSSR count). The zero-order valence-electron chi connectivity index (χ0n) is 14.9. The molecule has 1 saturated heterocycles. The summed E-state index contributed by atoms with van der Waals surface area (Å²) in [5.74, 6) is -1.59. The van der Waals surface area contributed by atoms with E-state index in [2.05, 4.69) is 10.6 Å². The number of carbonyl (C=O) groups is 2. The number of sulfonamides is 1. The number of hydrogen-bond acceptors (Lipinski definition) is 5. The maximum absolute atomic E-state index is 12.7. The van der Waals surface area contributed by atoms with Gasteiger partial charge < -0.3 is 10.6 Å². The first kappa shape index (κ1) is 20.8. The Morgan fingerprint density at radius 1 is 1.14 bits per heavy atom. The first-order valence-electron chi connectivity index (χ1n) is 8.74. The molecule has 1 fully saturated rings. The van der Waals surface area contributed by atoms with E-state index < -0.39 is 21.8 Å². The average molecular weight is 442 g/mol. The second-order valence-electron chi connectivity index (χ2n) is 6.33. The highest BCUT2D eigenvalue weighted by Gasteiger charge is 2.36. The van der Waals surface area contributed by atoms with E-state index in [1.165, 1.54) is 4.31 Å². The van der Waals surface area contributed by atoms with Crippen LogP contribution >= 0.6 is 22.9 Å². The van der Waals surface area contributed by atoms with E-state index in [1.807, 2.05) is 0 Å². The summed E-state index contributed by atoms with van der Waals surface area (Å²) in [4.78, 5) is 24.1. The van der Waals surface area contributed by atoms with Crippen LogP contribution in [0.2, 0.25) is 5.02 Å². The normalized spacial score (nSPS) is 17.4. The molecule has 1 aliphatic rings. The van der Waals surface area contributed by atoms with Gasteiger partial charge in [-0.05, 0) is 35.9 Å². The van der Waals surface area contributed by atoms with E-state index in [0.717, 1.165) is 11.3 Å². The summed E-state index contributed by atoms with van der Waals surface area (Å²) in [6.45, 7) is 0.622. The third kappa shape index (κ3) is 4.72. The molecule has 1 aromatic heterocycles. The van der Waals surface area contributed by atoms with Gasteiger partial charge in [0.15, 0.2) is 0 Å². The predicted molar refractivity (Wildman–Crippen MR) is 108 cm³/mol. The van der Waals surface area contributed by atoms with Crippen molar-refractivity contribution in [2.45, 2.75) is 29.6 Å². The van der Waals surface area contributed by atoms with Crippen LogP contribution in [0.5, 0.6) is 0 Å². The van der Waals surface area contributed by atoms with Gasteiger partial charge in [-0.3, -0.25) is 9.59 Å². The lowest BCUT2D eigenvalue weighted by atomic mass is 10.2. The third-order valence-electron chi connectivity index (χ3n) is 4.48. The molecule has 0 radical (unpaired) electrons. The number of nitrogens with zero attached hydrogens (tertiary/aromatic N) is 1. The molecule has 0 unspecified atom stereocenters. The monoisotopic (exact) mass is 441 g/mol. The lowest BCUT2D eigenvalue weighted by Crippen LogP contribution is -2.46. The van der Waals surface area contributed by atoms with Crippen LogP contribution in [0.25, 0.3) is 0 Å². The predicted octanol–water partition coefficient (Wildman–Crippen LogP) is 1.99.